The molecule has 0 aromatic heterocycles. The Bertz CT molecular complexity index is 636. The molecule has 0 aliphatic carbocycles. The number of hydrogen-bond acceptors (Lipinski definition) is 3. The maximum absolute atomic E-state index is 11.2. The molecule has 0 aliphatic heterocycles. The summed E-state index contributed by atoms with van der Waals surface area (Å²) in [6, 6.07) is 9.79. The van der Waals surface area contributed by atoms with Gasteiger partial charge in [0.05, 0.1) is 0 Å². The Kier molecular flexibility index (Phi) is 4.21. The summed E-state index contributed by atoms with van der Waals surface area (Å²) in [6.45, 7) is 9.51. The van der Waals surface area contributed by atoms with E-state index in [9.17, 15) is 8.42 Å². The zero-order valence-corrected chi connectivity index (χ0v) is 12.8. The SMILES string of the molecule is Cc1ccc(C(C)(C)C(C)(C)C(C#N)=S(=O)=O)cc1. The summed E-state index contributed by atoms with van der Waals surface area (Å²) < 4.78 is 22.5. The van der Waals surface area contributed by atoms with Gasteiger partial charge in [-0.1, -0.05) is 57.5 Å². The van der Waals surface area contributed by atoms with E-state index in [0.717, 1.165) is 11.1 Å². The van der Waals surface area contributed by atoms with E-state index in [2.05, 4.69) is 0 Å². The molecule has 0 spiro atoms. The van der Waals surface area contributed by atoms with Gasteiger partial charge < -0.3 is 0 Å². The molecule has 0 heterocycles. The molecular weight excluding hydrogens is 258 g/mol. The van der Waals surface area contributed by atoms with Gasteiger partial charge in [0, 0.05) is 10.8 Å². The van der Waals surface area contributed by atoms with Gasteiger partial charge in [0.1, 0.15) is 6.07 Å². The second-order valence-corrected chi connectivity index (χ2v) is 6.67. The fraction of sp³-hybridized carbons (Fsp3) is 0.467. The van der Waals surface area contributed by atoms with Crippen molar-refractivity contribution in [2.24, 2.45) is 5.41 Å². The third-order valence-electron chi connectivity index (χ3n) is 4.17. The average molecular weight is 277 g/mol. The molecular formula is C15H19NO2S. The Balaban J connectivity index is 3.46. The van der Waals surface area contributed by atoms with Gasteiger partial charge in [-0.3, -0.25) is 0 Å². The summed E-state index contributed by atoms with van der Waals surface area (Å²) >= 11 is 0. The normalized spacial score (nSPS) is 11.8. The van der Waals surface area contributed by atoms with Crippen molar-refractivity contribution in [3.05, 3.63) is 35.4 Å². The Morgan fingerprint density at radius 2 is 1.58 bits per heavy atom. The smallest absolute Gasteiger partial charge is 0.192 e. The summed E-state index contributed by atoms with van der Waals surface area (Å²) in [4.78, 5) is -0.113. The maximum atomic E-state index is 11.2. The van der Waals surface area contributed by atoms with Crippen molar-refractivity contribution in [1.29, 1.82) is 5.26 Å². The molecule has 0 saturated carbocycles. The van der Waals surface area contributed by atoms with Gasteiger partial charge in [-0.2, -0.15) is 13.7 Å². The van der Waals surface area contributed by atoms with Crippen LogP contribution in [0.4, 0.5) is 0 Å². The van der Waals surface area contributed by atoms with Crippen molar-refractivity contribution in [3.8, 4) is 6.07 Å². The first kappa shape index (κ1) is 15.5. The highest BCUT2D eigenvalue weighted by molar-refractivity contribution is 7.73. The van der Waals surface area contributed by atoms with E-state index in [-0.39, 0.29) is 4.86 Å². The van der Waals surface area contributed by atoms with Crippen molar-refractivity contribution in [2.45, 2.75) is 40.0 Å². The Morgan fingerprint density at radius 3 is 1.95 bits per heavy atom. The molecule has 0 atom stereocenters. The van der Waals surface area contributed by atoms with Crippen LogP contribution in [0.15, 0.2) is 24.3 Å². The minimum Gasteiger partial charge on any atom is -0.192 e. The van der Waals surface area contributed by atoms with Crippen LogP contribution in [0.1, 0.15) is 38.8 Å². The van der Waals surface area contributed by atoms with Crippen LogP contribution in [0, 0.1) is 23.7 Å². The molecule has 1 aromatic carbocycles. The monoisotopic (exact) mass is 277 g/mol. The molecule has 0 fully saturated rings. The fourth-order valence-corrected chi connectivity index (χ4v) is 2.75. The lowest BCUT2D eigenvalue weighted by Gasteiger charge is -2.40. The van der Waals surface area contributed by atoms with Crippen LogP contribution in [0.5, 0.6) is 0 Å². The van der Waals surface area contributed by atoms with Gasteiger partial charge >= 0.3 is 0 Å². The summed E-state index contributed by atoms with van der Waals surface area (Å²) in [5.74, 6) is 0. The van der Waals surface area contributed by atoms with Crippen molar-refractivity contribution >= 4 is 15.2 Å². The summed E-state index contributed by atoms with van der Waals surface area (Å²) in [5.41, 5.74) is 0.922. The lowest BCUT2D eigenvalue weighted by atomic mass is 9.62. The molecule has 102 valence electrons. The van der Waals surface area contributed by atoms with E-state index < -0.39 is 21.1 Å². The van der Waals surface area contributed by atoms with Crippen molar-refractivity contribution < 1.29 is 8.42 Å². The van der Waals surface area contributed by atoms with E-state index in [1.54, 1.807) is 13.8 Å². The van der Waals surface area contributed by atoms with Gasteiger partial charge in [0.15, 0.2) is 4.86 Å². The summed E-state index contributed by atoms with van der Waals surface area (Å²) in [6.07, 6.45) is 0. The molecule has 1 rings (SSSR count). The minimum atomic E-state index is -2.49. The number of nitrogens with zero attached hydrogens (tertiary/aromatic N) is 1. The minimum absolute atomic E-state index is 0.113. The Hall–Kier alpha value is -1.60. The Labute approximate surface area is 116 Å². The molecule has 3 nitrogen and oxygen atoms in total. The average Bonchev–Trinajstić information content (AvgIpc) is 2.29. The van der Waals surface area contributed by atoms with E-state index in [0.29, 0.717) is 0 Å². The molecule has 0 N–H and O–H groups in total. The van der Waals surface area contributed by atoms with Gasteiger partial charge in [0.2, 0.25) is 10.3 Å². The number of hydrogen-bond donors (Lipinski definition) is 0. The molecule has 4 heteroatoms. The number of benzene rings is 1. The molecule has 0 bridgehead atoms. The first-order chi connectivity index (χ1) is 8.64. The highest BCUT2D eigenvalue weighted by atomic mass is 32.2. The predicted octanol–water partition coefficient (Wildman–Crippen LogP) is 2.87. The third kappa shape index (κ3) is 2.71. The number of aryl methyl sites for hydroxylation is 1. The molecule has 0 saturated heterocycles. The maximum Gasteiger partial charge on any atom is 0.228 e. The first-order valence-corrected chi connectivity index (χ1v) is 7.16. The fourth-order valence-electron chi connectivity index (χ4n) is 2.00. The molecule has 0 amide bonds. The van der Waals surface area contributed by atoms with Gasteiger partial charge in [-0.15, -0.1) is 0 Å². The van der Waals surface area contributed by atoms with E-state index in [1.807, 2.05) is 51.1 Å². The molecule has 0 unspecified atom stereocenters. The largest absolute Gasteiger partial charge is 0.228 e. The van der Waals surface area contributed by atoms with Crippen molar-refractivity contribution in [2.75, 3.05) is 0 Å². The summed E-state index contributed by atoms with van der Waals surface area (Å²) in [5, 5.41) is 9.11. The van der Waals surface area contributed by atoms with Crippen molar-refractivity contribution in [3.63, 3.8) is 0 Å². The van der Waals surface area contributed by atoms with Gasteiger partial charge in [-0.05, 0) is 12.5 Å². The number of rotatable bonds is 3. The highest BCUT2D eigenvalue weighted by Gasteiger charge is 2.43. The van der Waals surface area contributed by atoms with Crippen LogP contribution >= 0.6 is 0 Å². The highest BCUT2D eigenvalue weighted by Crippen LogP contribution is 2.42. The molecule has 0 aliphatic rings. The lowest BCUT2D eigenvalue weighted by Crippen LogP contribution is -2.42. The number of nitriles is 1. The summed E-state index contributed by atoms with van der Waals surface area (Å²) in [7, 11) is -2.49. The second-order valence-electron chi connectivity index (χ2n) is 5.79. The van der Waals surface area contributed by atoms with Gasteiger partial charge in [-0.25, -0.2) is 0 Å². The first-order valence-electron chi connectivity index (χ1n) is 6.08. The molecule has 0 radical (unpaired) electrons. The zero-order chi connectivity index (χ0) is 14.8. The quantitative estimate of drug-likeness (QED) is 0.798. The standard InChI is InChI=1S/C15H19NO2S/c1-11-6-8-12(9-7-11)14(2,3)15(4,5)13(10-16)19(17)18/h6-9H,1-5H3. The predicted molar refractivity (Wildman–Crippen MR) is 77.5 cm³/mol. The van der Waals surface area contributed by atoms with Crippen LogP contribution in [0.2, 0.25) is 0 Å². The topological polar surface area (TPSA) is 57.9 Å². The Morgan fingerprint density at radius 1 is 1.11 bits per heavy atom. The van der Waals surface area contributed by atoms with E-state index in [4.69, 9.17) is 5.26 Å². The second kappa shape index (κ2) is 5.18. The lowest BCUT2D eigenvalue weighted by molar-refractivity contribution is 0.300. The van der Waals surface area contributed by atoms with Crippen LogP contribution in [-0.2, 0) is 15.7 Å². The van der Waals surface area contributed by atoms with Crippen molar-refractivity contribution in [1.82, 2.24) is 0 Å². The van der Waals surface area contributed by atoms with E-state index in [1.165, 1.54) is 0 Å². The third-order valence-corrected chi connectivity index (χ3v) is 5.11. The van der Waals surface area contributed by atoms with Crippen LogP contribution in [-0.4, -0.2) is 13.3 Å². The van der Waals surface area contributed by atoms with Gasteiger partial charge in [0.25, 0.3) is 0 Å². The zero-order valence-electron chi connectivity index (χ0n) is 12.0. The van der Waals surface area contributed by atoms with Crippen LogP contribution in [0.25, 0.3) is 0 Å². The van der Waals surface area contributed by atoms with Crippen LogP contribution < -0.4 is 0 Å². The van der Waals surface area contributed by atoms with Crippen LogP contribution in [0.3, 0.4) is 0 Å². The van der Waals surface area contributed by atoms with E-state index >= 15 is 0 Å². The molecule has 1 aromatic rings. The molecule has 19 heavy (non-hydrogen) atoms.